The molecule has 0 fully saturated rings. The summed E-state index contributed by atoms with van der Waals surface area (Å²) in [5, 5.41) is 18.6. The number of aryl methyl sites for hydroxylation is 1. The molecule has 0 radical (unpaired) electrons. The van der Waals surface area contributed by atoms with Gasteiger partial charge in [-0.3, -0.25) is 9.98 Å². The Labute approximate surface area is 253 Å². The van der Waals surface area contributed by atoms with E-state index in [0.717, 1.165) is 42.9 Å². The number of rotatable bonds is 6. The molecule has 0 aliphatic heterocycles. The van der Waals surface area contributed by atoms with E-state index in [1.807, 2.05) is 87.7 Å². The first-order valence-corrected chi connectivity index (χ1v) is 12.1. The number of hydrogen-bond donors (Lipinski definition) is 2. The summed E-state index contributed by atoms with van der Waals surface area (Å²) in [6.45, 7) is 17.8. The van der Waals surface area contributed by atoms with Crippen molar-refractivity contribution in [3.63, 3.8) is 0 Å². The molecule has 0 heterocycles. The van der Waals surface area contributed by atoms with Gasteiger partial charge in [-0.1, -0.05) is 44.2 Å². The van der Waals surface area contributed by atoms with Crippen LogP contribution in [-0.2, 0) is 39.0 Å². The van der Waals surface area contributed by atoms with Crippen LogP contribution in [0.1, 0.15) is 51.7 Å². The number of hydrogen-bond acceptors (Lipinski definition) is 4. The number of para-hydroxylation sites is 2. The number of aromatic hydroxyl groups is 2. The van der Waals surface area contributed by atoms with Crippen LogP contribution in [0.15, 0.2) is 58.5 Å². The molecule has 0 spiro atoms. The first-order valence-electron chi connectivity index (χ1n) is 12.1. The third-order valence-electron chi connectivity index (χ3n) is 3.83. The average molecular weight is 618 g/mol. The monoisotopic (exact) mass is 614 g/mol. The minimum absolute atomic E-state index is 0. The second-order valence-electron chi connectivity index (χ2n) is 7.39. The summed E-state index contributed by atoms with van der Waals surface area (Å²) in [5.74, 6) is 1.48. The number of benzene rings is 2. The van der Waals surface area contributed by atoms with Gasteiger partial charge in [0, 0.05) is 80.2 Å². The van der Waals surface area contributed by atoms with Crippen LogP contribution in [-0.4, -0.2) is 73.5 Å². The van der Waals surface area contributed by atoms with E-state index in [0.29, 0.717) is 5.75 Å². The number of phenolic OH excluding ortho intramolecular Hbond substituents is 2. The first kappa shape index (κ1) is 45.2. The number of nitrogens with zero attached hydrogens (tertiary/aromatic N) is 4. The van der Waals surface area contributed by atoms with E-state index < -0.39 is 0 Å². The zero-order valence-corrected chi connectivity index (χ0v) is 31.0. The van der Waals surface area contributed by atoms with Gasteiger partial charge >= 0.3 is 0 Å². The number of aliphatic imine (C=N–C) groups is 2. The van der Waals surface area contributed by atoms with Crippen LogP contribution in [0.5, 0.6) is 11.5 Å². The summed E-state index contributed by atoms with van der Waals surface area (Å²) in [6, 6.07) is 14.5. The van der Waals surface area contributed by atoms with E-state index in [2.05, 4.69) is 37.7 Å². The molecule has 0 amide bonds. The van der Waals surface area contributed by atoms with Gasteiger partial charge in [-0.05, 0) is 43.5 Å². The SMILES string of the molecule is CCCN=C(c1ccccc1O)N(C)C.CCCN=CN(C)C.Cc1ccccc1O.[CH2-]C.[CH2-]C.[Zn].[Zn]. The van der Waals surface area contributed by atoms with Crippen molar-refractivity contribution in [2.24, 2.45) is 9.98 Å². The van der Waals surface area contributed by atoms with Gasteiger partial charge < -0.3 is 33.9 Å². The van der Waals surface area contributed by atoms with E-state index in [1.54, 1.807) is 26.0 Å². The quantitative estimate of drug-likeness (QED) is 0.169. The summed E-state index contributed by atoms with van der Waals surface area (Å²) in [6.07, 6.45) is 3.97. The molecule has 2 rings (SSSR count). The van der Waals surface area contributed by atoms with Crippen LogP contribution < -0.4 is 0 Å². The van der Waals surface area contributed by atoms with E-state index in [4.69, 9.17) is 5.11 Å². The summed E-state index contributed by atoms with van der Waals surface area (Å²) < 4.78 is 0. The van der Waals surface area contributed by atoms with E-state index in [1.165, 1.54) is 0 Å². The zero-order valence-electron chi connectivity index (χ0n) is 25.0. The van der Waals surface area contributed by atoms with Crippen LogP contribution in [0.2, 0.25) is 0 Å². The molecule has 0 unspecified atom stereocenters. The Hall–Kier alpha value is -1.77. The molecular weight excluding hydrogens is 567 g/mol. The maximum absolute atomic E-state index is 9.72. The third kappa shape index (κ3) is 25.7. The Morgan fingerprint density at radius 2 is 1.24 bits per heavy atom. The maximum atomic E-state index is 9.72. The van der Waals surface area contributed by atoms with Gasteiger partial charge in [-0.25, -0.2) is 0 Å². The van der Waals surface area contributed by atoms with Crippen LogP contribution in [0.4, 0.5) is 0 Å². The van der Waals surface area contributed by atoms with Crippen molar-refractivity contribution in [2.45, 2.75) is 47.5 Å². The minimum Gasteiger partial charge on any atom is -0.508 e. The fourth-order valence-corrected chi connectivity index (χ4v) is 2.26. The molecule has 204 valence electrons. The zero-order chi connectivity index (χ0) is 27.6. The molecule has 0 aromatic heterocycles. The van der Waals surface area contributed by atoms with Crippen molar-refractivity contribution in [1.82, 2.24) is 9.80 Å². The molecule has 8 heteroatoms. The smallest absolute Gasteiger partial charge is 0.134 e. The average Bonchev–Trinajstić information content (AvgIpc) is 2.85. The number of phenols is 2. The van der Waals surface area contributed by atoms with Crippen molar-refractivity contribution in [3.8, 4) is 11.5 Å². The predicted octanol–water partition coefficient (Wildman–Crippen LogP) is 6.47. The standard InChI is InChI=1S/C12H18N2O.C7H8O.C6H14N2.2C2H5.2Zn/c1-4-9-13-12(14(2)3)10-7-5-6-8-11(10)15;1-6-4-2-3-5-7(6)8;1-4-5-7-6-8(2)3;2*1-2;;/h5-8,15H,4,9H2,1-3H3;2-5,8H,1H3;6H,4-5H2,1-3H3;2*1H2,2H3;;/q;;;2*-1;;. The molecule has 0 saturated carbocycles. The Morgan fingerprint density at radius 1 is 0.784 bits per heavy atom. The van der Waals surface area contributed by atoms with Gasteiger partial charge in [0.15, 0.2) is 0 Å². The Balaban J connectivity index is -0.000000134. The topological polar surface area (TPSA) is 71.7 Å². The van der Waals surface area contributed by atoms with Gasteiger partial charge in [0.05, 0.1) is 11.9 Å². The normalized spacial score (nSPS) is 9.22. The molecular formula is C29H50N4O2Zn2-2. The van der Waals surface area contributed by atoms with Crippen molar-refractivity contribution in [1.29, 1.82) is 0 Å². The van der Waals surface area contributed by atoms with Crippen LogP contribution in [0.25, 0.3) is 0 Å². The Morgan fingerprint density at radius 3 is 1.59 bits per heavy atom. The molecule has 0 bridgehead atoms. The van der Waals surface area contributed by atoms with Crippen molar-refractivity contribution in [2.75, 3.05) is 41.3 Å². The summed E-state index contributed by atoms with van der Waals surface area (Å²) in [5.41, 5.74) is 1.71. The molecule has 37 heavy (non-hydrogen) atoms. The summed E-state index contributed by atoms with van der Waals surface area (Å²) >= 11 is 0. The molecule has 6 nitrogen and oxygen atoms in total. The van der Waals surface area contributed by atoms with Crippen molar-refractivity contribution >= 4 is 12.2 Å². The van der Waals surface area contributed by atoms with Gasteiger partial charge in [0.25, 0.3) is 0 Å². The second-order valence-corrected chi connectivity index (χ2v) is 7.39. The molecule has 0 atom stereocenters. The molecule has 0 aliphatic carbocycles. The Kier molecular flexibility index (Phi) is 39.4. The number of amidine groups is 1. The fourth-order valence-electron chi connectivity index (χ4n) is 2.26. The molecule has 0 aliphatic rings. The molecule has 0 saturated heterocycles. The minimum atomic E-state index is 0. The Bertz CT molecular complexity index is 778. The van der Waals surface area contributed by atoms with Gasteiger partial charge in [0.1, 0.15) is 17.3 Å². The molecule has 2 aromatic rings. The first-order chi connectivity index (χ1) is 16.7. The van der Waals surface area contributed by atoms with Crippen molar-refractivity contribution in [3.05, 3.63) is 73.5 Å². The van der Waals surface area contributed by atoms with Gasteiger partial charge in [0.2, 0.25) is 0 Å². The van der Waals surface area contributed by atoms with Gasteiger partial charge in [-0.2, -0.15) is 13.8 Å². The molecule has 2 aromatic carbocycles. The van der Waals surface area contributed by atoms with Crippen LogP contribution in [0, 0.1) is 20.8 Å². The van der Waals surface area contributed by atoms with Crippen LogP contribution in [0.3, 0.4) is 0 Å². The second kappa shape index (κ2) is 32.3. The van der Waals surface area contributed by atoms with Crippen LogP contribution >= 0.6 is 0 Å². The van der Waals surface area contributed by atoms with E-state index >= 15 is 0 Å². The van der Waals surface area contributed by atoms with Crippen molar-refractivity contribution < 1.29 is 49.2 Å². The third-order valence-corrected chi connectivity index (χ3v) is 3.83. The van der Waals surface area contributed by atoms with E-state index in [-0.39, 0.29) is 44.7 Å². The molecule has 2 N–H and O–H groups in total. The fraction of sp³-hybridized carbons (Fsp3) is 0.448. The van der Waals surface area contributed by atoms with Gasteiger partial charge in [-0.15, -0.1) is 0 Å². The largest absolute Gasteiger partial charge is 0.508 e. The van der Waals surface area contributed by atoms with E-state index in [9.17, 15) is 5.11 Å². The summed E-state index contributed by atoms with van der Waals surface area (Å²) in [4.78, 5) is 12.4. The summed E-state index contributed by atoms with van der Waals surface area (Å²) in [7, 11) is 7.81. The maximum Gasteiger partial charge on any atom is 0.134 e. The predicted molar refractivity (Wildman–Crippen MR) is 156 cm³/mol.